The second-order valence-electron chi connectivity index (χ2n) is 4.15. The third kappa shape index (κ3) is 3.12. The number of hydrogen-bond acceptors (Lipinski definition) is 3. The molecule has 0 unspecified atom stereocenters. The number of carbonyl (C=O) groups excluding carboxylic acids is 1. The molecule has 0 aromatic heterocycles. The fourth-order valence-corrected chi connectivity index (χ4v) is 2.18. The first-order chi connectivity index (χ1) is 9.97. The molecule has 21 heavy (non-hydrogen) atoms. The van der Waals surface area contributed by atoms with Crippen LogP contribution in [0.2, 0.25) is 10.0 Å². The Kier molecular flexibility index (Phi) is 4.70. The minimum atomic E-state index is -0.667. The Morgan fingerprint density at radius 2 is 1.62 bits per heavy atom. The molecule has 6 heteroatoms. The molecule has 0 fully saturated rings. The van der Waals surface area contributed by atoms with Crippen molar-refractivity contribution >= 4 is 29.0 Å². The maximum Gasteiger partial charge on any atom is 0.194 e. The third-order valence-electron chi connectivity index (χ3n) is 2.90. The van der Waals surface area contributed by atoms with Crippen LogP contribution in [0.3, 0.4) is 0 Å². The number of methoxy groups -OCH3 is 2. The van der Waals surface area contributed by atoms with Gasteiger partial charge in [0.1, 0.15) is 5.82 Å². The average molecular weight is 329 g/mol. The van der Waals surface area contributed by atoms with E-state index in [-0.39, 0.29) is 21.2 Å². The molecular weight excluding hydrogens is 318 g/mol. The normalized spacial score (nSPS) is 10.3. The van der Waals surface area contributed by atoms with E-state index >= 15 is 0 Å². The lowest BCUT2D eigenvalue weighted by Crippen LogP contribution is -2.04. The van der Waals surface area contributed by atoms with Gasteiger partial charge in [-0.1, -0.05) is 23.2 Å². The fourth-order valence-electron chi connectivity index (χ4n) is 1.82. The van der Waals surface area contributed by atoms with Crippen LogP contribution in [0.15, 0.2) is 30.3 Å². The van der Waals surface area contributed by atoms with Crippen LogP contribution < -0.4 is 9.47 Å². The number of carbonyl (C=O) groups is 1. The van der Waals surface area contributed by atoms with Gasteiger partial charge in [0.25, 0.3) is 0 Å². The Balaban J connectivity index is 2.50. The molecule has 0 aliphatic carbocycles. The van der Waals surface area contributed by atoms with Crippen molar-refractivity contribution < 1.29 is 18.7 Å². The fraction of sp³-hybridized carbons (Fsp3) is 0.133. The van der Waals surface area contributed by atoms with Gasteiger partial charge >= 0.3 is 0 Å². The van der Waals surface area contributed by atoms with Crippen molar-refractivity contribution in [2.75, 3.05) is 14.2 Å². The summed E-state index contributed by atoms with van der Waals surface area (Å²) in [5.74, 6) is -0.336. The maximum absolute atomic E-state index is 13.5. The van der Waals surface area contributed by atoms with Gasteiger partial charge in [0, 0.05) is 17.2 Å². The Bertz CT molecular complexity index is 702. The van der Waals surface area contributed by atoms with Crippen LogP contribution in [0.1, 0.15) is 15.9 Å². The molecule has 2 rings (SSSR count). The molecular formula is C15H11Cl2FO3. The van der Waals surface area contributed by atoms with Gasteiger partial charge in [0.05, 0.1) is 24.3 Å². The van der Waals surface area contributed by atoms with Crippen molar-refractivity contribution in [3.63, 3.8) is 0 Å². The lowest BCUT2D eigenvalue weighted by molar-refractivity contribution is 0.103. The molecule has 0 aliphatic heterocycles. The topological polar surface area (TPSA) is 35.5 Å². The summed E-state index contributed by atoms with van der Waals surface area (Å²) in [5, 5.41) is 0.137. The molecule has 3 nitrogen and oxygen atoms in total. The maximum atomic E-state index is 13.5. The molecule has 110 valence electrons. The van der Waals surface area contributed by atoms with E-state index in [1.165, 1.54) is 38.5 Å². The van der Waals surface area contributed by atoms with Crippen molar-refractivity contribution in [2.45, 2.75) is 0 Å². The monoisotopic (exact) mass is 328 g/mol. The quantitative estimate of drug-likeness (QED) is 0.781. The number of ether oxygens (including phenoxy) is 2. The highest BCUT2D eigenvalue weighted by atomic mass is 35.5. The highest BCUT2D eigenvalue weighted by Gasteiger charge is 2.18. The third-order valence-corrected chi connectivity index (χ3v) is 3.52. The molecule has 2 aromatic carbocycles. The predicted molar refractivity (Wildman–Crippen MR) is 79.4 cm³/mol. The molecule has 0 spiro atoms. The van der Waals surface area contributed by atoms with Crippen molar-refractivity contribution in [2.24, 2.45) is 0 Å². The molecule has 0 saturated carbocycles. The Morgan fingerprint density at radius 1 is 1.00 bits per heavy atom. The molecule has 0 amide bonds. The van der Waals surface area contributed by atoms with Crippen molar-refractivity contribution in [3.05, 3.63) is 57.3 Å². The van der Waals surface area contributed by atoms with Crippen LogP contribution in [-0.4, -0.2) is 20.0 Å². The van der Waals surface area contributed by atoms with E-state index in [1.54, 1.807) is 0 Å². The Hall–Kier alpha value is -1.78. The standard InChI is InChI=1S/C15H11Cl2FO3/c1-20-13-6-9(11(17)7-14(13)21-2)15(19)8-3-4-10(16)12(18)5-8/h3-7H,1-2H3. The first-order valence-corrected chi connectivity index (χ1v) is 6.64. The molecule has 0 aliphatic rings. The van der Waals surface area contributed by atoms with Crippen LogP contribution in [-0.2, 0) is 0 Å². The summed E-state index contributed by atoms with van der Waals surface area (Å²) in [7, 11) is 2.91. The summed E-state index contributed by atoms with van der Waals surface area (Å²) in [5.41, 5.74) is 0.335. The molecule has 0 N–H and O–H groups in total. The van der Waals surface area contributed by atoms with E-state index in [2.05, 4.69) is 0 Å². The molecule has 0 atom stereocenters. The summed E-state index contributed by atoms with van der Waals surface area (Å²) >= 11 is 11.7. The first-order valence-electron chi connectivity index (χ1n) is 5.89. The summed E-state index contributed by atoms with van der Waals surface area (Å²) in [4.78, 5) is 12.4. The SMILES string of the molecule is COc1cc(Cl)c(C(=O)c2ccc(Cl)c(F)c2)cc1OC. The number of ketones is 1. The largest absolute Gasteiger partial charge is 0.493 e. The molecule has 0 saturated heterocycles. The number of benzene rings is 2. The van der Waals surface area contributed by atoms with Gasteiger partial charge in [-0.25, -0.2) is 4.39 Å². The molecule has 0 heterocycles. The number of rotatable bonds is 4. The highest BCUT2D eigenvalue weighted by molar-refractivity contribution is 6.35. The second kappa shape index (κ2) is 6.33. The van der Waals surface area contributed by atoms with Crippen LogP contribution in [0.25, 0.3) is 0 Å². The Morgan fingerprint density at radius 3 is 2.19 bits per heavy atom. The van der Waals surface area contributed by atoms with Gasteiger partial charge in [-0.15, -0.1) is 0 Å². The van der Waals surface area contributed by atoms with E-state index in [0.29, 0.717) is 11.5 Å². The summed E-state index contributed by atoms with van der Waals surface area (Å²) in [6.07, 6.45) is 0. The van der Waals surface area contributed by atoms with E-state index in [4.69, 9.17) is 32.7 Å². The zero-order chi connectivity index (χ0) is 15.6. The van der Waals surface area contributed by atoms with Gasteiger partial charge < -0.3 is 9.47 Å². The number of hydrogen-bond donors (Lipinski definition) is 0. The Labute approximate surface area is 131 Å². The second-order valence-corrected chi connectivity index (χ2v) is 4.96. The lowest BCUT2D eigenvalue weighted by atomic mass is 10.0. The minimum absolute atomic E-state index is 0.0510. The van der Waals surface area contributed by atoms with Crippen molar-refractivity contribution in [3.8, 4) is 11.5 Å². The van der Waals surface area contributed by atoms with E-state index in [0.717, 1.165) is 6.07 Å². The molecule has 0 bridgehead atoms. The average Bonchev–Trinajstić information content (AvgIpc) is 2.49. The zero-order valence-electron chi connectivity index (χ0n) is 11.2. The summed E-state index contributed by atoms with van der Waals surface area (Å²) < 4.78 is 23.7. The van der Waals surface area contributed by atoms with Gasteiger partial charge in [-0.3, -0.25) is 4.79 Å². The molecule has 2 aromatic rings. The van der Waals surface area contributed by atoms with Crippen LogP contribution in [0, 0.1) is 5.82 Å². The van der Waals surface area contributed by atoms with E-state index in [1.807, 2.05) is 0 Å². The smallest absolute Gasteiger partial charge is 0.194 e. The number of halogens is 3. The zero-order valence-corrected chi connectivity index (χ0v) is 12.8. The minimum Gasteiger partial charge on any atom is -0.493 e. The van der Waals surface area contributed by atoms with E-state index in [9.17, 15) is 9.18 Å². The van der Waals surface area contributed by atoms with Gasteiger partial charge in [-0.05, 0) is 24.3 Å². The lowest BCUT2D eigenvalue weighted by Gasteiger charge is -2.11. The summed E-state index contributed by atoms with van der Waals surface area (Å²) in [6.45, 7) is 0. The van der Waals surface area contributed by atoms with Crippen molar-refractivity contribution in [1.29, 1.82) is 0 Å². The van der Waals surface area contributed by atoms with Gasteiger partial charge in [0.2, 0.25) is 0 Å². The first kappa shape index (κ1) is 15.6. The van der Waals surface area contributed by atoms with Gasteiger partial charge in [0.15, 0.2) is 17.3 Å². The van der Waals surface area contributed by atoms with Crippen molar-refractivity contribution in [1.82, 2.24) is 0 Å². The van der Waals surface area contributed by atoms with Gasteiger partial charge in [-0.2, -0.15) is 0 Å². The predicted octanol–water partition coefficient (Wildman–Crippen LogP) is 4.38. The van der Waals surface area contributed by atoms with Crippen LogP contribution >= 0.6 is 23.2 Å². The van der Waals surface area contributed by atoms with Crippen LogP contribution in [0.5, 0.6) is 11.5 Å². The van der Waals surface area contributed by atoms with Crippen LogP contribution in [0.4, 0.5) is 4.39 Å². The molecule has 0 radical (unpaired) electrons. The summed E-state index contributed by atoms with van der Waals surface area (Å²) in [6, 6.07) is 6.74. The van der Waals surface area contributed by atoms with E-state index < -0.39 is 11.6 Å². The highest BCUT2D eigenvalue weighted by Crippen LogP contribution is 2.34.